The number of para-hydroxylation sites is 2. The van der Waals surface area contributed by atoms with Gasteiger partial charge in [-0.05, 0) is 36.6 Å². The molecule has 1 aliphatic heterocycles. The molecule has 0 N–H and O–H groups in total. The first kappa shape index (κ1) is 24.2. The molecule has 0 saturated heterocycles. The summed E-state index contributed by atoms with van der Waals surface area (Å²) in [4.78, 5) is 2.56. The molecule has 0 bridgehead atoms. The third kappa shape index (κ3) is 5.37. The standard InChI is InChI=1S/C17H17N.4C2H6/c1-2-7-13(8-3-1)18-16-11-5-4-9-14(16)15-10-6-12-17(15)18;4*1-2/h1-5,7-9,11,15,17H,6,10,12H2;4*1-2H3. The molecular weight excluding hydrogens is 314 g/mol. The maximum Gasteiger partial charge on any atom is 0.0449 e. The van der Waals surface area contributed by atoms with E-state index in [0.717, 1.165) is 5.92 Å². The van der Waals surface area contributed by atoms with Crippen molar-refractivity contribution in [2.45, 2.75) is 86.6 Å². The average Bonchev–Trinajstić information content (AvgIpc) is 3.35. The normalized spacial score (nSPS) is 18.2. The van der Waals surface area contributed by atoms with Crippen LogP contribution in [0.25, 0.3) is 0 Å². The second-order valence-electron chi connectivity index (χ2n) is 5.37. The van der Waals surface area contributed by atoms with Gasteiger partial charge < -0.3 is 4.90 Å². The van der Waals surface area contributed by atoms with Crippen LogP contribution in [0.2, 0.25) is 0 Å². The minimum atomic E-state index is 0.685. The Balaban J connectivity index is 0.000000698. The van der Waals surface area contributed by atoms with Gasteiger partial charge in [0.05, 0.1) is 0 Å². The molecule has 2 aromatic rings. The maximum atomic E-state index is 2.56. The Labute approximate surface area is 163 Å². The molecule has 26 heavy (non-hydrogen) atoms. The van der Waals surface area contributed by atoms with Crippen LogP contribution < -0.4 is 4.90 Å². The van der Waals surface area contributed by atoms with Crippen molar-refractivity contribution in [1.29, 1.82) is 0 Å². The highest BCUT2D eigenvalue weighted by atomic mass is 15.2. The van der Waals surface area contributed by atoms with Gasteiger partial charge in [0, 0.05) is 23.3 Å². The number of anilines is 2. The summed E-state index contributed by atoms with van der Waals surface area (Å²) >= 11 is 0. The molecule has 0 radical (unpaired) electrons. The number of nitrogens with zero attached hydrogens (tertiary/aromatic N) is 1. The van der Waals surface area contributed by atoms with Crippen LogP contribution in [0.3, 0.4) is 0 Å². The van der Waals surface area contributed by atoms with E-state index in [1.807, 2.05) is 55.4 Å². The van der Waals surface area contributed by atoms with Crippen molar-refractivity contribution in [3.8, 4) is 0 Å². The predicted octanol–water partition coefficient (Wildman–Crippen LogP) is 8.58. The minimum absolute atomic E-state index is 0.685. The summed E-state index contributed by atoms with van der Waals surface area (Å²) in [6, 6.07) is 20.5. The summed E-state index contributed by atoms with van der Waals surface area (Å²) < 4.78 is 0. The highest BCUT2D eigenvalue weighted by molar-refractivity contribution is 5.73. The lowest BCUT2D eigenvalue weighted by molar-refractivity contribution is 0.642. The van der Waals surface area contributed by atoms with Crippen LogP contribution in [0, 0.1) is 0 Å². The quantitative estimate of drug-likeness (QED) is 0.495. The first-order valence-electron chi connectivity index (χ1n) is 10.9. The van der Waals surface area contributed by atoms with Gasteiger partial charge in [-0.3, -0.25) is 0 Å². The lowest BCUT2D eigenvalue weighted by Crippen LogP contribution is -2.26. The third-order valence-electron chi connectivity index (χ3n) is 4.44. The van der Waals surface area contributed by atoms with Crippen LogP contribution in [0.15, 0.2) is 54.6 Å². The molecule has 1 fully saturated rings. The molecule has 4 rings (SSSR count). The first-order chi connectivity index (χ1) is 12.9. The zero-order valence-electron chi connectivity index (χ0n) is 18.4. The van der Waals surface area contributed by atoms with Gasteiger partial charge in [-0.15, -0.1) is 0 Å². The highest BCUT2D eigenvalue weighted by Crippen LogP contribution is 2.51. The summed E-state index contributed by atoms with van der Waals surface area (Å²) in [7, 11) is 0. The van der Waals surface area contributed by atoms with E-state index in [1.54, 1.807) is 5.56 Å². The highest BCUT2D eigenvalue weighted by Gasteiger charge is 2.41. The van der Waals surface area contributed by atoms with E-state index in [2.05, 4.69) is 59.5 Å². The predicted molar refractivity (Wildman–Crippen MR) is 121 cm³/mol. The maximum absolute atomic E-state index is 2.56. The molecule has 0 aromatic heterocycles. The van der Waals surface area contributed by atoms with E-state index < -0.39 is 0 Å². The second kappa shape index (κ2) is 14.4. The fourth-order valence-electron chi connectivity index (χ4n) is 3.73. The van der Waals surface area contributed by atoms with E-state index in [-0.39, 0.29) is 0 Å². The van der Waals surface area contributed by atoms with Crippen molar-refractivity contribution in [3.63, 3.8) is 0 Å². The third-order valence-corrected chi connectivity index (χ3v) is 4.44. The van der Waals surface area contributed by atoms with Crippen molar-refractivity contribution >= 4 is 11.4 Å². The summed E-state index contributed by atoms with van der Waals surface area (Å²) in [5.74, 6) is 0.751. The Morgan fingerprint density at radius 2 is 1.19 bits per heavy atom. The second-order valence-corrected chi connectivity index (χ2v) is 5.37. The molecule has 146 valence electrons. The Bertz CT molecular complexity index is 561. The molecule has 2 aromatic carbocycles. The van der Waals surface area contributed by atoms with Crippen molar-refractivity contribution in [2.75, 3.05) is 4.90 Å². The molecule has 1 nitrogen and oxygen atoms in total. The van der Waals surface area contributed by atoms with Crippen LogP contribution in [-0.4, -0.2) is 6.04 Å². The number of rotatable bonds is 1. The Morgan fingerprint density at radius 3 is 1.81 bits per heavy atom. The SMILES string of the molecule is CC.CC.CC.CC.c1ccc(N2c3ccccc3C3CCCC32)cc1. The van der Waals surface area contributed by atoms with Crippen molar-refractivity contribution < 1.29 is 0 Å². The molecule has 1 saturated carbocycles. The van der Waals surface area contributed by atoms with Crippen LogP contribution >= 0.6 is 0 Å². The molecule has 1 heterocycles. The summed E-state index contributed by atoms with van der Waals surface area (Å²) in [5.41, 5.74) is 4.33. The van der Waals surface area contributed by atoms with Gasteiger partial charge in [0.2, 0.25) is 0 Å². The fourth-order valence-corrected chi connectivity index (χ4v) is 3.73. The van der Waals surface area contributed by atoms with Crippen LogP contribution in [0.1, 0.15) is 86.1 Å². The lowest BCUT2D eigenvalue weighted by atomic mass is 9.98. The Morgan fingerprint density at radius 1 is 0.654 bits per heavy atom. The van der Waals surface area contributed by atoms with Gasteiger partial charge in [-0.1, -0.05) is 98.2 Å². The smallest absolute Gasteiger partial charge is 0.0449 e. The van der Waals surface area contributed by atoms with Crippen molar-refractivity contribution in [2.24, 2.45) is 0 Å². The molecular formula is C25H41N. The van der Waals surface area contributed by atoms with E-state index in [0.29, 0.717) is 6.04 Å². The van der Waals surface area contributed by atoms with Crippen LogP contribution in [0.4, 0.5) is 11.4 Å². The molecule has 1 heteroatoms. The number of fused-ring (bicyclic) bond motifs is 3. The molecule has 2 atom stereocenters. The van der Waals surface area contributed by atoms with Gasteiger partial charge in [-0.2, -0.15) is 0 Å². The molecule has 1 aliphatic carbocycles. The number of benzene rings is 2. The Hall–Kier alpha value is -1.76. The lowest BCUT2D eigenvalue weighted by Gasteiger charge is -2.27. The zero-order chi connectivity index (χ0) is 19.9. The average molecular weight is 356 g/mol. The molecule has 2 aliphatic rings. The van der Waals surface area contributed by atoms with Crippen molar-refractivity contribution in [3.05, 3.63) is 60.2 Å². The van der Waals surface area contributed by atoms with Crippen LogP contribution in [-0.2, 0) is 0 Å². The van der Waals surface area contributed by atoms with Gasteiger partial charge in [0.15, 0.2) is 0 Å². The number of hydrogen-bond donors (Lipinski definition) is 0. The van der Waals surface area contributed by atoms with E-state index in [1.165, 1.54) is 30.6 Å². The summed E-state index contributed by atoms with van der Waals surface area (Å²) in [6.45, 7) is 16.0. The van der Waals surface area contributed by atoms with E-state index in [9.17, 15) is 0 Å². The van der Waals surface area contributed by atoms with E-state index >= 15 is 0 Å². The number of hydrogen-bond acceptors (Lipinski definition) is 1. The van der Waals surface area contributed by atoms with Gasteiger partial charge >= 0.3 is 0 Å². The van der Waals surface area contributed by atoms with Crippen LogP contribution in [0.5, 0.6) is 0 Å². The topological polar surface area (TPSA) is 3.24 Å². The minimum Gasteiger partial charge on any atom is -0.338 e. The molecule has 0 amide bonds. The van der Waals surface area contributed by atoms with Gasteiger partial charge in [-0.25, -0.2) is 0 Å². The first-order valence-corrected chi connectivity index (χ1v) is 10.9. The zero-order valence-corrected chi connectivity index (χ0v) is 18.4. The summed E-state index contributed by atoms with van der Waals surface area (Å²) in [5, 5.41) is 0. The molecule has 0 spiro atoms. The van der Waals surface area contributed by atoms with E-state index in [4.69, 9.17) is 0 Å². The largest absolute Gasteiger partial charge is 0.338 e. The van der Waals surface area contributed by atoms with Gasteiger partial charge in [0.25, 0.3) is 0 Å². The molecule has 2 unspecified atom stereocenters. The van der Waals surface area contributed by atoms with Gasteiger partial charge in [0.1, 0.15) is 0 Å². The monoisotopic (exact) mass is 355 g/mol. The van der Waals surface area contributed by atoms with Crippen molar-refractivity contribution in [1.82, 2.24) is 0 Å². The summed E-state index contributed by atoms with van der Waals surface area (Å²) in [6.07, 6.45) is 4.05. The Kier molecular flexibility index (Phi) is 13.4. The fraction of sp³-hybridized carbons (Fsp3) is 0.520.